The van der Waals surface area contributed by atoms with Gasteiger partial charge in [-0.05, 0) is 55.3 Å². The summed E-state index contributed by atoms with van der Waals surface area (Å²) in [7, 11) is 1.66. The lowest BCUT2D eigenvalue weighted by molar-refractivity contribution is -0.117. The van der Waals surface area contributed by atoms with Crippen molar-refractivity contribution in [2.24, 2.45) is 0 Å². The fourth-order valence-corrected chi connectivity index (χ4v) is 3.36. The second-order valence-corrected chi connectivity index (χ2v) is 6.40. The van der Waals surface area contributed by atoms with Gasteiger partial charge in [0.15, 0.2) is 0 Å². The Morgan fingerprint density at radius 1 is 1.29 bits per heavy atom. The topological polar surface area (TPSA) is 41.6 Å². The Labute approximate surface area is 147 Å². The number of benzene rings is 2. The first-order valence-electron chi connectivity index (χ1n) is 8.09. The van der Waals surface area contributed by atoms with E-state index in [-0.39, 0.29) is 11.9 Å². The van der Waals surface area contributed by atoms with E-state index < -0.39 is 0 Å². The number of amides is 1. The van der Waals surface area contributed by atoms with Crippen LogP contribution in [0.1, 0.15) is 24.4 Å². The van der Waals surface area contributed by atoms with Gasteiger partial charge in [-0.15, -0.1) is 0 Å². The summed E-state index contributed by atoms with van der Waals surface area (Å²) in [4.78, 5) is 14.6. The van der Waals surface area contributed by atoms with Crippen LogP contribution in [0.2, 0.25) is 5.02 Å². The van der Waals surface area contributed by atoms with Crippen LogP contribution in [0.15, 0.2) is 48.5 Å². The monoisotopic (exact) mass is 344 g/mol. The number of rotatable bonds is 5. The molecule has 5 heteroatoms. The number of anilines is 1. The number of carbonyl (C=O) groups is 1. The van der Waals surface area contributed by atoms with Crippen LogP contribution in [0.3, 0.4) is 0 Å². The van der Waals surface area contributed by atoms with Gasteiger partial charge < -0.3 is 10.1 Å². The molecule has 0 aromatic heterocycles. The minimum absolute atomic E-state index is 0.0160. The summed E-state index contributed by atoms with van der Waals surface area (Å²) in [5, 5.41) is 3.53. The third-order valence-electron chi connectivity index (χ3n) is 4.32. The number of hydrogen-bond acceptors (Lipinski definition) is 3. The van der Waals surface area contributed by atoms with Gasteiger partial charge in [0.1, 0.15) is 5.75 Å². The summed E-state index contributed by atoms with van der Waals surface area (Å²) < 4.78 is 5.21. The number of hydrogen-bond donors (Lipinski definition) is 1. The Bertz CT molecular complexity index is 703. The minimum atomic E-state index is -0.0160. The largest absolute Gasteiger partial charge is 0.497 e. The maximum Gasteiger partial charge on any atom is 0.238 e. The molecule has 3 rings (SSSR count). The van der Waals surface area contributed by atoms with E-state index in [2.05, 4.69) is 22.3 Å². The van der Waals surface area contributed by atoms with Crippen LogP contribution >= 0.6 is 11.6 Å². The summed E-state index contributed by atoms with van der Waals surface area (Å²) in [6, 6.07) is 15.6. The number of halogens is 1. The van der Waals surface area contributed by atoms with Crippen molar-refractivity contribution in [1.82, 2.24) is 4.90 Å². The molecule has 1 amide bonds. The molecule has 0 bridgehead atoms. The normalized spacial score (nSPS) is 17.7. The molecule has 2 aromatic rings. The van der Waals surface area contributed by atoms with Gasteiger partial charge in [0.05, 0.1) is 13.7 Å². The fourth-order valence-electron chi connectivity index (χ4n) is 3.17. The van der Waals surface area contributed by atoms with E-state index in [9.17, 15) is 4.79 Å². The zero-order valence-corrected chi connectivity index (χ0v) is 14.4. The van der Waals surface area contributed by atoms with Gasteiger partial charge in [-0.1, -0.05) is 29.8 Å². The minimum Gasteiger partial charge on any atom is -0.497 e. The predicted octanol–water partition coefficient (Wildman–Crippen LogP) is 4.12. The Morgan fingerprint density at radius 3 is 2.79 bits per heavy atom. The van der Waals surface area contributed by atoms with E-state index in [0.29, 0.717) is 11.6 Å². The lowest BCUT2D eigenvalue weighted by Gasteiger charge is -2.24. The van der Waals surface area contributed by atoms with E-state index in [1.54, 1.807) is 19.2 Å². The first kappa shape index (κ1) is 16.8. The summed E-state index contributed by atoms with van der Waals surface area (Å²) in [5.41, 5.74) is 1.96. The maximum absolute atomic E-state index is 12.3. The molecule has 1 heterocycles. The number of carbonyl (C=O) groups excluding carboxylic acids is 1. The molecule has 0 saturated carbocycles. The highest BCUT2D eigenvalue weighted by molar-refractivity contribution is 6.30. The molecule has 24 heavy (non-hydrogen) atoms. The van der Waals surface area contributed by atoms with Crippen molar-refractivity contribution < 1.29 is 9.53 Å². The Hall–Kier alpha value is -2.04. The number of methoxy groups -OCH3 is 1. The first-order chi connectivity index (χ1) is 11.7. The van der Waals surface area contributed by atoms with Crippen molar-refractivity contribution in [2.75, 3.05) is 25.5 Å². The average molecular weight is 345 g/mol. The quantitative estimate of drug-likeness (QED) is 0.887. The Kier molecular flexibility index (Phi) is 5.38. The highest BCUT2D eigenvalue weighted by atomic mass is 35.5. The van der Waals surface area contributed by atoms with E-state index in [1.807, 2.05) is 24.3 Å². The third-order valence-corrected chi connectivity index (χ3v) is 4.55. The predicted molar refractivity (Wildman–Crippen MR) is 96.6 cm³/mol. The van der Waals surface area contributed by atoms with E-state index in [1.165, 1.54) is 5.56 Å². The van der Waals surface area contributed by atoms with Crippen LogP contribution in [-0.2, 0) is 4.79 Å². The van der Waals surface area contributed by atoms with Crippen molar-refractivity contribution in [2.45, 2.75) is 18.9 Å². The lowest BCUT2D eigenvalue weighted by atomic mass is 10.0. The van der Waals surface area contributed by atoms with Crippen molar-refractivity contribution in [3.05, 3.63) is 59.1 Å². The standard InChI is InChI=1S/C19H21ClN2O2/c1-24-17-9-7-14(8-10-17)18-6-3-11-22(18)13-19(23)21-16-5-2-4-15(20)12-16/h2,4-5,7-10,12,18H,3,6,11,13H2,1H3,(H,21,23). The Morgan fingerprint density at radius 2 is 2.08 bits per heavy atom. The molecule has 1 saturated heterocycles. The molecule has 2 aromatic carbocycles. The van der Waals surface area contributed by atoms with Gasteiger partial charge in [-0.2, -0.15) is 0 Å². The third kappa shape index (κ3) is 4.08. The molecule has 0 aliphatic carbocycles. The van der Waals surface area contributed by atoms with Crippen LogP contribution < -0.4 is 10.1 Å². The van der Waals surface area contributed by atoms with Crippen molar-refractivity contribution in [3.8, 4) is 5.75 Å². The van der Waals surface area contributed by atoms with Crippen LogP contribution in [0.4, 0.5) is 5.69 Å². The molecule has 0 spiro atoms. The average Bonchev–Trinajstić information content (AvgIpc) is 3.03. The van der Waals surface area contributed by atoms with Crippen molar-refractivity contribution in [1.29, 1.82) is 0 Å². The number of nitrogens with zero attached hydrogens (tertiary/aromatic N) is 1. The number of nitrogens with one attached hydrogen (secondary N) is 1. The van der Waals surface area contributed by atoms with Crippen molar-refractivity contribution >= 4 is 23.2 Å². The molecule has 1 fully saturated rings. The summed E-state index contributed by atoms with van der Waals surface area (Å²) >= 11 is 5.95. The second kappa shape index (κ2) is 7.69. The number of ether oxygens (including phenoxy) is 1. The molecular weight excluding hydrogens is 324 g/mol. The molecule has 1 unspecified atom stereocenters. The summed E-state index contributed by atoms with van der Waals surface area (Å²) in [6.07, 6.45) is 2.16. The number of likely N-dealkylation sites (tertiary alicyclic amines) is 1. The molecule has 1 aliphatic heterocycles. The summed E-state index contributed by atoms with van der Waals surface area (Å²) in [6.45, 7) is 1.31. The molecule has 1 aliphatic rings. The van der Waals surface area contributed by atoms with Crippen molar-refractivity contribution in [3.63, 3.8) is 0 Å². The fraction of sp³-hybridized carbons (Fsp3) is 0.316. The Balaban J connectivity index is 1.63. The maximum atomic E-state index is 12.3. The SMILES string of the molecule is COc1ccc(C2CCCN2CC(=O)Nc2cccc(Cl)c2)cc1. The zero-order chi connectivity index (χ0) is 16.9. The summed E-state index contributed by atoms with van der Waals surface area (Å²) in [5.74, 6) is 0.833. The van der Waals surface area contributed by atoms with E-state index in [4.69, 9.17) is 16.3 Å². The van der Waals surface area contributed by atoms with Crippen LogP contribution in [0.5, 0.6) is 5.75 Å². The highest BCUT2D eigenvalue weighted by Gasteiger charge is 2.27. The zero-order valence-electron chi connectivity index (χ0n) is 13.7. The molecular formula is C19H21ClN2O2. The van der Waals surface area contributed by atoms with E-state index >= 15 is 0 Å². The molecule has 1 atom stereocenters. The van der Waals surface area contributed by atoms with Gasteiger partial charge >= 0.3 is 0 Å². The molecule has 4 nitrogen and oxygen atoms in total. The van der Waals surface area contributed by atoms with Gasteiger partial charge in [-0.3, -0.25) is 9.69 Å². The van der Waals surface area contributed by atoms with Crippen LogP contribution in [0.25, 0.3) is 0 Å². The van der Waals surface area contributed by atoms with E-state index in [0.717, 1.165) is 30.8 Å². The second-order valence-electron chi connectivity index (χ2n) is 5.96. The lowest BCUT2D eigenvalue weighted by Crippen LogP contribution is -2.32. The van der Waals surface area contributed by atoms with Crippen LogP contribution in [0, 0.1) is 0 Å². The highest BCUT2D eigenvalue weighted by Crippen LogP contribution is 2.32. The first-order valence-corrected chi connectivity index (χ1v) is 8.47. The molecule has 126 valence electrons. The van der Waals surface area contributed by atoms with Gasteiger partial charge in [-0.25, -0.2) is 0 Å². The molecule has 0 radical (unpaired) electrons. The van der Waals surface area contributed by atoms with Gasteiger partial charge in [0.25, 0.3) is 0 Å². The smallest absolute Gasteiger partial charge is 0.238 e. The van der Waals surface area contributed by atoms with Gasteiger partial charge in [0, 0.05) is 16.8 Å². The van der Waals surface area contributed by atoms with Gasteiger partial charge in [0.2, 0.25) is 5.91 Å². The molecule has 1 N–H and O–H groups in total. The van der Waals surface area contributed by atoms with Crippen LogP contribution in [-0.4, -0.2) is 31.0 Å².